The molecule has 0 saturated heterocycles. The van der Waals surface area contributed by atoms with Crippen molar-refractivity contribution in [2.45, 2.75) is 26.3 Å². The number of benzene rings is 1. The van der Waals surface area contributed by atoms with E-state index in [2.05, 4.69) is 5.32 Å². The minimum atomic E-state index is -0.462. The second-order valence-corrected chi connectivity index (χ2v) is 4.16. The number of fused-ring (bicyclic) bond motifs is 1. The number of likely N-dealkylation sites (N-methyl/N-ethyl adjacent to an activating group) is 1. The topological polar surface area (TPSA) is 25.2 Å². The van der Waals surface area contributed by atoms with Crippen LogP contribution in [-0.2, 0) is 6.42 Å². The van der Waals surface area contributed by atoms with Gasteiger partial charge in [0.05, 0.1) is 11.6 Å². The molecule has 0 spiro atoms. The van der Waals surface area contributed by atoms with Crippen LogP contribution in [0.1, 0.15) is 19.4 Å². The van der Waals surface area contributed by atoms with Crippen molar-refractivity contribution < 1.29 is 13.2 Å². The standard InChI is InChI=1S/C13H15F2NO/c1-3-16-8(2)6-9-7-11(14)10-4-5-17-13(10)12(9)15/h4-5,7-8,16H,3,6H2,1-2H3/t8-/m1/s1. The smallest absolute Gasteiger partial charge is 0.172 e. The molecule has 92 valence electrons. The largest absolute Gasteiger partial charge is 0.461 e. The molecule has 0 fully saturated rings. The van der Waals surface area contributed by atoms with E-state index < -0.39 is 11.6 Å². The third kappa shape index (κ3) is 2.31. The number of rotatable bonds is 4. The van der Waals surface area contributed by atoms with Gasteiger partial charge in [0, 0.05) is 6.04 Å². The van der Waals surface area contributed by atoms with Crippen molar-refractivity contribution in [3.63, 3.8) is 0 Å². The Morgan fingerprint density at radius 1 is 1.41 bits per heavy atom. The highest BCUT2D eigenvalue weighted by Gasteiger charge is 2.16. The molecule has 0 aliphatic rings. The molecule has 0 unspecified atom stereocenters. The Hall–Kier alpha value is -1.42. The van der Waals surface area contributed by atoms with Crippen LogP contribution < -0.4 is 5.32 Å². The summed E-state index contributed by atoms with van der Waals surface area (Å²) < 4.78 is 32.6. The number of furan rings is 1. The molecule has 4 heteroatoms. The van der Waals surface area contributed by atoms with Crippen LogP contribution in [0.25, 0.3) is 11.0 Å². The Kier molecular flexibility index (Phi) is 3.43. The first-order valence-corrected chi connectivity index (χ1v) is 5.71. The first-order chi connectivity index (χ1) is 8.13. The highest BCUT2D eigenvalue weighted by atomic mass is 19.1. The summed E-state index contributed by atoms with van der Waals surface area (Å²) in [6, 6.07) is 2.79. The monoisotopic (exact) mass is 239 g/mol. The summed E-state index contributed by atoms with van der Waals surface area (Å²) in [5.41, 5.74) is 0.349. The average molecular weight is 239 g/mol. The minimum Gasteiger partial charge on any atom is -0.461 e. The average Bonchev–Trinajstić information content (AvgIpc) is 2.75. The van der Waals surface area contributed by atoms with Crippen molar-refractivity contribution in [2.75, 3.05) is 6.54 Å². The zero-order valence-electron chi connectivity index (χ0n) is 9.89. The zero-order chi connectivity index (χ0) is 12.4. The fraction of sp³-hybridized carbons (Fsp3) is 0.385. The molecular weight excluding hydrogens is 224 g/mol. The van der Waals surface area contributed by atoms with Gasteiger partial charge in [0.25, 0.3) is 0 Å². The molecule has 2 nitrogen and oxygen atoms in total. The third-order valence-corrected chi connectivity index (χ3v) is 2.78. The van der Waals surface area contributed by atoms with Gasteiger partial charge >= 0.3 is 0 Å². The van der Waals surface area contributed by atoms with E-state index in [9.17, 15) is 8.78 Å². The quantitative estimate of drug-likeness (QED) is 0.886. The highest BCUT2D eigenvalue weighted by Crippen LogP contribution is 2.25. The van der Waals surface area contributed by atoms with Crippen molar-refractivity contribution in [1.29, 1.82) is 0 Å². The predicted molar refractivity (Wildman–Crippen MR) is 63.0 cm³/mol. The first-order valence-electron chi connectivity index (χ1n) is 5.71. The van der Waals surface area contributed by atoms with E-state index in [4.69, 9.17) is 4.42 Å². The van der Waals surface area contributed by atoms with E-state index in [1.165, 1.54) is 18.4 Å². The summed E-state index contributed by atoms with van der Waals surface area (Å²) in [6.45, 7) is 4.71. The van der Waals surface area contributed by atoms with Gasteiger partial charge in [-0.05, 0) is 37.6 Å². The molecular formula is C13H15F2NO. The number of halogens is 2. The molecule has 0 radical (unpaired) electrons. The number of hydrogen-bond donors (Lipinski definition) is 1. The van der Waals surface area contributed by atoms with Gasteiger partial charge in [0.1, 0.15) is 5.82 Å². The molecule has 0 aliphatic heterocycles. The van der Waals surface area contributed by atoms with Crippen LogP contribution in [0.15, 0.2) is 22.8 Å². The van der Waals surface area contributed by atoms with E-state index in [0.717, 1.165) is 6.54 Å². The lowest BCUT2D eigenvalue weighted by Crippen LogP contribution is -2.28. The predicted octanol–water partition coefficient (Wildman–Crippen LogP) is 3.25. The second kappa shape index (κ2) is 4.84. The highest BCUT2D eigenvalue weighted by molar-refractivity contribution is 5.79. The molecule has 1 atom stereocenters. The van der Waals surface area contributed by atoms with Crippen molar-refractivity contribution in [1.82, 2.24) is 5.32 Å². The molecule has 17 heavy (non-hydrogen) atoms. The first kappa shape index (κ1) is 12.0. The number of nitrogens with one attached hydrogen (secondary N) is 1. The molecule has 1 heterocycles. The van der Waals surface area contributed by atoms with E-state index in [0.29, 0.717) is 12.0 Å². The second-order valence-electron chi connectivity index (χ2n) is 4.16. The summed E-state index contributed by atoms with van der Waals surface area (Å²) in [7, 11) is 0. The van der Waals surface area contributed by atoms with Crippen LogP contribution in [0.3, 0.4) is 0 Å². The zero-order valence-corrected chi connectivity index (χ0v) is 9.89. The molecule has 0 saturated carbocycles. The van der Waals surface area contributed by atoms with Gasteiger partial charge in [-0.3, -0.25) is 0 Å². The molecule has 0 amide bonds. The van der Waals surface area contributed by atoms with Crippen LogP contribution in [-0.4, -0.2) is 12.6 Å². The van der Waals surface area contributed by atoms with Gasteiger partial charge in [-0.1, -0.05) is 6.92 Å². The van der Waals surface area contributed by atoms with E-state index in [1.807, 2.05) is 13.8 Å². The van der Waals surface area contributed by atoms with Gasteiger partial charge in [-0.15, -0.1) is 0 Å². The number of hydrogen-bond acceptors (Lipinski definition) is 2. The summed E-state index contributed by atoms with van der Waals surface area (Å²) in [5.74, 6) is -0.898. The molecule has 1 aromatic heterocycles. The fourth-order valence-electron chi connectivity index (χ4n) is 2.01. The molecule has 1 aromatic carbocycles. The van der Waals surface area contributed by atoms with Crippen LogP contribution in [0, 0.1) is 11.6 Å². The Morgan fingerprint density at radius 3 is 2.88 bits per heavy atom. The van der Waals surface area contributed by atoms with Gasteiger partial charge in [-0.2, -0.15) is 0 Å². The van der Waals surface area contributed by atoms with Crippen LogP contribution in [0.4, 0.5) is 8.78 Å². The third-order valence-electron chi connectivity index (χ3n) is 2.78. The minimum absolute atomic E-state index is 0.00342. The Balaban J connectivity index is 2.37. The van der Waals surface area contributed by atoms with Crippen molar-refractivity contribution in [3.8, 4) is 0 Å². The van der Waals surface area contributed by atoms with E-state index in [1.54, 1.807) is 0 Å². The van der Waals surface area contributed by atoms with Crippen LogP contribution in [0.5, 0.6) is 0 Å². The lowest BCUT2D eigenvalue weighted by molar-refractivity contribution is 0.520. The van der Waals surface area contributed by atoms with Crippen molar-refractivity contribution in [3.05, 3.63) is 35.6 Å². The molecule has 1 N–H and O–H groups in total. The Labute approximate surface area is 98.6 Å². The van der Waals surface area contributed by atoms with Gasteiger partial charge in [0.15, 0.2) is 11.4 Å². The molecule has 2 aromatic rings. The van der Waals surface area contributed by atoms with Crippen molar-refractivity contribution >= 4 is 11.0 Å². The summed E-state index contributed by atoms with van der Waals surface area (Å²) in [4.78, 5) is 0. The fourth-order valence-corrected chi connectivity index (χ4v) is 2.01. The van der Waals surface area contributed by atoms with Gasteiger partial charge < -0.3 is 9.73 Å². The maximum Gasteiger partial charge on any atom is 0.172 e. The van der Waals surface area contributed by atoms with Crippen LogP contribution in [0.2, 0.25) is 0 Å². The maximum absolute atomic E-state index is 14.0. The van der Waals surface area contributed by atoms with Gasteiger partial charge in [-0.25, -0.2) is 8.78 Å². The Bertz CT molecular complexity index is 521. The van der Waals surface area contributed by atoms with E-state index in [-0.39, 0.29) is 17.0 Å². The van der Waals surface area contributed by atoms with Crippen molar-refractivity contribution in [2.24, 2.45) is 0 Å². The molecule has 2 rings (SSSR count). The van der Waals surface area contributed by atoms with E-state index >= 15 is 0 Å². The summed E-state index contributed by atoms with van der Waals surface area (Å²) in [5, 5.41) is 3.36. The normalized spacial score (nSPS) is 13.2. The molecule has 0 bridgehead atoms. The molecule has 0 aliphatic carbocycles. The maximum atomic E-state index is 14.0. The summed E-state index contributed by atoms with van der Waals surface area (Å²) >= 11 is 0. The lowest BCUT2D eigenvalue weighted by atomic mass is 10.0. The van der Waals surface area contributed by atoms with Crippen LogP contribution >= 0.6 is 0 Å². The lowest BCUT2D eigenvalue weighted by Gasteiger charge is -2.13. The SMILES string of the molecule is CCN[C@H](C)Cc1cc(F)c2ccoc2c1F. The summed E-state index contributed by atoms with van der Waals surface area (Å²) in [6.07, 6.45) is 1.74. The Morgan fingerprint density at radius 2 is 2.18 bits per heavy atom. The van der Waals surface area contributed by atoms with Gasteiger partial charge in [0.2, 0.25) is 0 Å².